The van der Waals surface area contributed by atoms with E-state index in [2.05, 4.69) is 32.0 Å². The first-order valence-corrected chi connectivity index (χ1v) is 9.44. The molecule has 0 radical (unpaired) electrons. The van der Waals surface area contributed by atoms with E-state index in [1.807, 2.05) is 0 Å². The molecule has 0 atom stereocenters. The van der Waals surface area contributed by atoms with E-state index in [4.69, 9.17) is 27.9 Å². The number of amides is 1. The van der Waals surface area contributed by atoms with E-state index in [0.29, 0.717) is 37.1 Å². The second-order valence-electron chi connectivity index (χ2n) is 6.92. The third-order valence-corrected chi connectivity index (χ3v) is 5.39. The van der Waals surface area contributed by atoms with E-state index < -0.39 is 11.7 Å². The molecule has 0 unspecified atom stereocenters. The fraction of sp³-hybridized carbons (Fsp3) is 0.278. The van der Waals surface area contributed by atoms with Gasteiger partial charge >= 0.3 is 6.09 Å². The molecule has 0 bridgehead atoms. The van der Waals surface area contributed by atoms with Crippen LogP contribution >= 0.6 is 39.1 Å². The van der Waals surface area contributed by atoms with Crippen molar-refractivity contribution in [2.24, 2.45) is 0 Å². The molecule has 1 N–H and O–H groups in total. The Morgan fingerprint density at radius 1 is 1.37 bits per heavy atom. The van der Waals surface area contributed by atoms with Crippen LogP contribution in [0.25, 0.3) is 21.9 Å². The minimum atomic E-state index is -0.656. The van der Waals surface area contributed by atoms with Crippen molar-refractivity contribution in [3.8, 4) is 6.07 Å². The van der Waals surface area contributed by atoms with Crippen molar-refractivity contribution in [2.45, 2.75) is 26.4 Å². The molecule has 27 heavy (non-hydrogen) atoms. The van der Waals surface area contributed by atoms with Crippen molar-refractivity contribution >= 4 is 72.8 Å². The van der Waals surface area contributed by atoms with Crippen LogP contribution in [0.3, 0.4) is 0 Å². The van der Waals surface area contributed by atoms with Crippen LogP contribution in [0.1, 0.15) is 26.3 Å². The first-order valence-electron chi connectivity index (χ1n) is 7.90. The number of benzene rings is 1. The summed E-state index contributed by atoms with van der Waals surface area (Å²) in [5.74, 6) is 0. The lowest BCUT2D eigenvalue weighted by molar-refractivity contribution is 0.0589. The van der Waals surface area contributed by atoms with Gasteiger partial charge in [0.25, 0.3) is 0 Å². The van der Waals surface area contributed by atoms with E-state index in [1.165, 1.54) is 4.90 Å². The van der Waals surface area contributed by atoms with E-state index in [9.17, 15) is 10.1 Å². The summed E-state index contributed by atoms with van der Waals surface area (Å²) >= 11 is 16.1. The van der Waals surface area contributed by atoms with Crippen molar-refractivity contribution in [1.82, 2.24) is 9.97 Å². The summed E-state index contributed by atoms with van der Waals surface area (Å²) in [4.78, 5) is 21.3. The van der Waals surface area contributed by atoms with Gasteiger partial charge in [0.15, 0.2) is 0 Å². The molecule has 140 valence electrons. The smallest absolute Gasteiger partial charge is 0.414 e. The topological polar surface area (TPSA) is 82.0 Å². The predicted octanol–water partition coefficient (Wildman–Crippen LogP) is 6.03. The van der Waals surface area contributed by atoms with Gasteiger partial charge in [0.2, 0.25) is 0 Å². The number of H-pyrrole nitrogens is 1. The summed E-state index contributed by atoms with van der Waals surface area (Å²) in [6.07, 6.45) is 1.01. The Morgan fingerprint density at radius 2 is 2.04 bits per heavy atom. The van der Waals surface area contributed by atoms with Gasteiger partial charge in [0, 0.05) is 24.0 Å². The Balaban J connectivity index is 2.35. The molecule has 6 nitrogen and oxygen atoms in total. The van der Waals surface area contributed by atoms with Gasteiger partial charge < -0.3 is 9.72 Å². The van der Waals surface area contributed by atoms with Crippen molar-refractivity contribution in [2.75, 3.05) is 11.9 Å². The molecule has 0 aliphatic rings. The highest BCUT2D eigenvalue weighted by Crippen LogP contribution is 2.42. The highest BCUT2D eigenvalue weighted by atomic mass is 79.9. The molecule has 9 heteroatoms. The normalized spacial score (nSPS) is 11.6. The number of anilines is 1. The summed E-state index contributed by atoms with van der Waals surface area (Å²) in [6, 6.07) is 3.65. The number of ether oxygens (including phenoxy) is 1. The highest BCUT2D eigenvalue weighted by molar-refractivity contribution is 9.10. The third kappa shape index (κ3) is 3.45. The zero-order valence-corrected chi connectivity index (χ0v) is 18.0. The van der Waals surface area contributed by atoms with Crippen LogP contribution in [0.4, 0.5) is 10.5 Å². The van der Waals surface area contributed by atoms with Crippen molar-refractivity contribution < 1.29 is 9.53 Å². The number of aromatic amines is 1. The summed E-state index contributed by atoms with van der Waals surface area (Å²) < 4.78 is 6.02. The Labute approximate surface area is 174 Å². The van der Waals surface area contributed by atoms with Gasteiger partial charge in [0.1, 0.15) is 17.3 Å². The average molecular weight is 470 g/mol. The Hall–Kier alpha value is -2.01. The Kier molecular flexibility index (Phi) is 5.02. The number of carbonyl (C=O) groups is 1. The molecule has 0 aliphatic heterocycles. The molecule has 1 amide bonds. The standard InChI is InChI=1S/C18H15BrCl2N4O2/c1-18(2,3)27-17(26)25(4)11-5-10(20)8(6-22)12-13-14(21)9(19)7-23-16(13)24-15(11)12/h5,7H,1-4H3,(H,23,24). The first kappa shape index (κ1) is 19.7. The van der Waals surface area contributed by atoms with Gasteiger partial charge in [-0.3, -0.25) is 4.90 Å². The molecule has 2 heterocycles. The first-order chi connectivity index (χ1) is 12.5. The summed E-state index contributed by atoms with van der Waals surface area (Å²) in [5.41, 5.74) is 1.05. The molecule has 3 aromatic rings. The zero-order chi connectivity index (χ0) is 20.1. The van der Waals surface area contributed by atoms with E-state index in [1.54, 1.807) is 40.1 Å². The number of pyridine rings is 1. The summed E-state index contributed by atoms with van der Waals surface area (Å²) in [6.45, 7) is 5.35. The number of nitriles is 1. The molecule has 3 rings (SSSR count). The van der Waals surface area contributed by atoms with Gasteiger partial charge in [0.05, 0.1) is 31.3 Å². The number of nitrogens with zero attached hydrogens (tertiary/aromatic N) is 3. The SMILES string of the molecule is CN(C(=O)OC(C)(C)C)c1cc(Cl)c(C#N)c2c1[nH]c1ncc(Br)c(Cl)c12. The largest absolute Gasteiger partial charge is 0.443 e. The number of nitrogens with one attached hydrogen (secondary N) is 1. The highest BCUT2D eigenvalue weighted by Gasteiger charge is 2.26. The molecule has 0 saturated heterocycles. The van der Waals surface area contributed by atoms with E-state index >= 15 is 0 Å². The molecule has 0 saturated carbocycles. The lowest BCUT2D eigenvalue weighted by Gasteiger charge is -2.25. The quantitative estimate of drug-likeness (QED) is 0.471. The van der Waals surface area contributed by atoms with E-state index in [0.717, 1.165) is 0 Å². The number of hydrogen-bond acceptors (Lipinski definition) is 4. The average Bonchev–Trinajstić information content (AvgIpc) is 2.95. The lowest BCUT2D eigenvalue weighted by atomic mass is 10.1. The Bertz CT molecular complexity index is 1130. The maximum absolute atomic E-state index is 12.5. The number of carbonyl (C=O) groups excluding carboxylic acids is 1. The maximum atomic E-state index is 12.5. The van der Waals surface area contributed by atoms with Crippen molar-refractivity contribution in [1.29, 1.82) is 5.26 Å². The second kappa shape index (κ2) is 6.86. The number of aromatic nitrogens is 2. The van der Waals surface area contributed by atoms with Crippen LogP contribution in [0.2, 0.25) is 10.0 Å². The molecular weight excluding hydrogens is 455 g/mol. The van der Waals surface area contributed by atoms with Crippen LogP contribution in [-0.4, -0.2) is 28.7 Å². The monoisotopic (exact) mass is 468 g/mol. The molecule has 0 spiro atoms. The van der Waals surface area contributed by atoms with Crippen molar-refractivity contribution in [3.63, 3.8) is 0 Å². The number of rotatable bonds is 1. The minimum absolute atomic E-state index is 0.201. The zero-order valence-electron chi connectivity index (χ0n) is 14.9. The molecular formula is C18H15BrCl2N4O2. The van der Waals surface area contributed by atoms with Gasteiger partial charge in [-0.05, 0) is 42.8 Å². The molecule has 0 fully saturated rings. The van der Waals surface area contributed by atoms with Crippen molar-refractivity contribution in [3.05, 3.63) is 32.3 Å². The lowest BCUT2D eigenvalue weighted by Crippen LogP contribution is -2.34. The number of hydrogen-bond donors (Lipinski definition) is 1. The van der Waals surface area contributed by atoms with Crippen LogP contribution in [-0.2, 0) is 4.74 Å². The number of halogens is 3. The van der Waals surface area contributed by atoms with Gasteiger partial charge in [-0.25, -0.2) is 9.78 Å². The fourth-order valence-corrected chi connectivity index (χ4v) is 3.50. The fourth-order valence-electron chi connectivity index (χ4n) is 2.72. The predicted molar refractivity (Wildman–Crippen MR) is 111 cm³/mol. The van der Waals surface area contributed by atoms with Crippen LogP contribution in [0.15, 0.2) is 16.7 Å². The second-order valence-corrected chi connectivity index (χ2v) is 8.56. The van der Waals surface area contributed by atoms with E-state index in [-0.39, 0.29) is 10.6 Å². The summed E-state index contributed by atoms with van der Waals surface area (Å²) in [7, 11) is 1.57. The molecule has 1 aromatic carbocycles. The van der Waals surface area contributed by atoms with Crippen LogP contribution in [0, 0.1) is 11.3 Å². The number of fused-ring (bicyclic) bond motifs is 3. The molecule has 0 aliphatic carbocycles. The Morgan fingerprint density at radius 3 is 2.63 bits per heavy atom. The minimum Gasteiger partial charge on any atom is -0.443 e. The van der Waals surface area contributed by atoms with Crippen LogP contribution in [0.5, 0.6) is 0 Å². The van der Waals surface area contributed by atoms with Gasteiger partial charge in [-0.15, -0.1) is 0 Å². The summed E-state index contributed by atoms with van der Waals surface area (Å²) in [5, 5.41) is 11.3. The third-order valence-electron chi connectivity index (χ3n) is 3.87. The van der Waals surface area contributed by atoms with Gasteiger partial charge in [-0.2, -0.15) is 5.26 Å². The maximum Gasteiger partial charge on any atom is 0.414 e. The van der Waals surface area contributed by atoms with Crippen LogP contribution < -0.4 is 4.90 Å². The molecule has 2 aromatic heterocycles. The van der Waals surface area contributed by atoms with Gasteiger partial charge in [-0.1, -0.05) is 23.2 Å².